The molecule has 4 nitrogen and oxygen atoms in total. The van der Waals surface area contributed by atoms with Crippen LogP contribution in [-0.2, 0) is 6.54 Å². The van der Waals surface area contributed by atoms with Gasteiger partial charge in [-0.2, -0.15) is 11.8 Å². The lowest BCUT2D eigenvalue weighted by atomic mass is 10.0. The molecule has 0 spiro atoms. The van der Waals surface area contributed by atoms with Crippen molar-refractivity contribution in [3.05, 3.63) is 34.9 Å². The molecule has 1 rings (SSSR count). The lowest BCUT2D eigenvalue weighted by Crippen LogP contribution is -2.30. The maximum Gasteiger partial charge on any atom is 0.170 e. The molecule has 4 N–H and O–H groups in total. The van der Waals surface area contributed by atoms with Gasteiger partial charge in [0.25, 0.3) is 0 Å². The summed E-state index contributed by atoms with van der Waals surface area (Å²) in [5.74, 6) is 1.27. The van der Waals surface area contributed by atoms with E-state index in [4.69, 9.17) is 10.9 Å². The zero-order valence-electron chi connectivity index (χ0n) is 11.8. The topological polar surface area (TPSA) is 70.6 Å². The van der Waals surface area contributed by atoms with Gasteiger partial charge in [-0.25, -0.2) is 0 Å². The molecule has 0 saturated heterocycles. The molecule has 5 heteroatoms. The van der Waals surface area contributed by atoms with Crippen LogP contribution < -0.4 is 11.1 Å². The van der Waals surface area contributed by atoms with Gasteiger partial charge in [0.1, 0.15) is 0 Å². The third-order valence-corrected chi connectivity index (χ3v) is 3.92. The smallest absolute Gasteiger partial charge is 0.170 e. The number of oxime groups is 1. The number of hydrogen-bond acceptors (Lipinski definition) is 4. The Morgan fingerprint density at radius 3 is 2.79 bits per heavy atom. The summed E-state index contributed by atoms with van der Waals surface area (Å²) in [5, 5.41) is 15.2. The molecular formula is C14H23N3OS. The van der Waals surface area contributed by atoms with Crippen molar-refractivity contribution in [2.45, 2.75) is 32.9 Å². The third-order valence-electron chi connectivity index (χ3n) is 3.19. The molecule has 0 amide bonds. The molecule has 0 fully saturated rings. The van der Waals surface area contributed by atoms with Crippen LogP contribution in [-0.4, -0.2) is 29.1 Å². The average molecular weight is 281 g/mol. The number of benzene rings is 1. The minimum absolute atomic E-state index is 0.149. The first-order valence-corrected chi connectivity index (χ1v) is 7.81. The van der Waals surface area contributed by atoms with Gasteiger partial charge in [-0.15, -0.1) is 0 Å². The van der Waals surface area contributed by atoms with Crippen molar-refractivity contribution in [2.75, 3.05) is 12.0 Å². The minimum Gasteiger partial charge on any atom is -0.409 e. The van der Waals surface area contributed by atoms with Gasteiger partial charge in [0, 0.05) is 23.9 Å². The number of nitrogens with two attached hydrogens (primary N) is 1. The van der Waals surface area contributed by atoms with Crippen molar-refractivity contribution in [1.82, 2.24) is 5.32 Å². The predicted octanol–water partition coefficient (Wildman–Crippen LogP) is 2.32. The molecular weight excluding hydrogens is 258 g/mol. The molecule has 1 aromatic carbocycles. The summed E-state index contributed by atoms with van der Waals surface area (Å²) in [7, 11) is 0. The molecule has 0 saturated carbocycles. The molecule has 0 aliphatic rings. The summed E-state index contributed by atoms with van der Waals surface area (Å²) in [4.78, 5) is 0. The quantitative estimate of drug-likeness (QED) is 0.310. The van der Waals surface area contributed by atoms with E-state index in [1.54, 1.807) is 0 Å². The Hall–Kier alpha value is -1.20. The first-order chi connectivity index (χ1) is 9.12. The Morgan fingerprint density at radius 2 is 2.26 bits per heavy atom. The number of nitrogens with one attached hydrogen (secondary N) is 1. The summed E-state index contributed by atoms with van der Waals surface area (Å²) in [6.45, 7) is 5.09. The van der Waals surface area contributed by atoms with Gasteiger partial charge < -0.3 is 16.3 Å². The molecule has 106 valence electrons. The largest absolute Gasteiger partial charge is 0.409 e. The van der Waals surface area contributed by atoms with Crippen LogP contribution in [0.4, 0.5) is 0 Å². The highest BCUT2D eigenvalue weighted by atomic mass is 32.2. The van der Waals surface area contributed by atoms with Gasteiger partial charge in [0.2, 0.25) is 0 Å². The number of hydrogen-bond donors (Lipinski definition) is 3. The van der Waals surface area contributed by atoms with E-state index >= 15 is 0 Å². The maximum absolute atomic E-state index is 8.66. The van der Waals surface area contributed by atoms with Crippen LogP contribution in [0.3, 0.4) is 0 Å². The Morgan fingerprint density at radius 1 is 1.53 bits per heavy atom. The number of aryl methyl sites for hydroxylation is 1. The van der Waals surface area contributed by atoms with Crippen molar-refractivity contribution in [3.63, 3.8) is 0 Å². The van der Waals surface area contributed by atoms with Gasteiger partial charge in [-0.3, -0.25) is 0 Å². The zero-order chi connectivity index (χ0) is 14.3. The Bertz CT molecular complexity index is 435. The fraction of sp³-hybridized carbons (Fsp3) is 0.500. The molecule has 0 bridgehead atoms. The molecule has 1 aromatic rings. The van der Waals surface area contributed by atoms with E-state index < -0.39 is 0 Å². The monoisotopic (exact) mass is 281 g/mol. The van der Waals surface area contributed by atoms with Gasteiger partial charge in [-0.05, 0) is 36.8 Å². The SMILES string of the molecule is CCC(CSC)NCc1ccc(/C(N)=N/O)cc1C. The lowest BCUT2D eigenvalue weighted by molar-refractivity contribution is 0.318. The first kappa shape index (κ1) is 15.9. The summed E-state index contributed by atoms with van der Waals surface area (Å²) < 4.78 is 0. The summed E-state index contributed by atoms with van der Waals surface area (Å²) >= 11 is 1.86. The van der Waals surface area contributed by atoms with Gasteiger partial charge >= 0.3 is 0 Å². The van der Waals surface area contributed by atoms with E-state index in [1.807, 2.05) is 36.9 Å². The van der Waals surface area contributed by atoms with Gasteiger partial charge in [-0.1, -0.05) is 24.2 Å². The zero-order valence-corrected chi connectivity index (χ0v) is 12.6. The molecule has 19 heavy (non-hydrogen) atoms. The van der Waals surface area contributed by atoms with Crippen molar-refractivity contribution in [2.24, 2.45) is 10.9 Å². The Labute approximate surface area is 119 Å². The maximum atomic E-state index is 8.66. The normalized spacial score (nSPS) is 13.5. The fourth-order valence-electron chi connectivity index (χ4n) is 1.89. The fourth-order valence-corrected chi connectivity index (χ4v) is 2.64. The first-order valence-electron chi connectivity index (χ1n) is 6.42. The van der Waals surface area contributed by atoms with Crippen LogP contribution in [0.5, 0.6) is 0 Å². The van der Waals surface area contributed by atoms with E-state index in [9.17, 15) is 0 Å². The van der Waals surface area contributed by atoms with E-state index in [-0.39, 0.29) is 5.84 Å². The van der Waals surface area contributed by atoms with Crippen molar-refractivity contribution in [3.8, 4) is 0 Å². The van der Waals surface area contributed by atoms with Crippen molar-refractivity contribution in [1.29, 1.82) is 0 Å². The Kier molecular flexibility index (Phi) is 6.73. The van der Waals surface area contributed by atoms with Crippen LogP contribution in [0.1, 0.15) is 30.0 Å². The minimum atomic E-state index is 0.149. The van der Waals surface area contributed by atoms with Crippen molar-refractivity contribution >= 4 is 17.6 Å². The number of nitrogens with zero attached hydrogens (tertiary/aromatic N) is 1. The average Bonchev–Trinajstić information content (AvgIpc) is 2.43. The molecule has 1 atom stereocenters. The van der Waals surface area contributed by atoms with Crippen LogP contribution >= 0.6 is 11.8 Å². The molecule has 0 heterocycles. The second-order valence-corrected chi connectivity index (χ2v) is 5.48. The van der Waals surface area contributed by atoms with Crippen LogP contribution in [0, 0.1) is 6.92 Å². The second-order valence-electron chi connectivity index (χ2n) is 4.57. The van der Waals surface area contributed by atoms with Crippen LogP contribution in [0.15, 0.2) is 23.4 Å². The van der Waals surface area contributed by atoms with E-state index in [1.165, 1.54) is 5.56 Å². The number of thioether (sulfide) groups is 1. The molecule has 0 radical (unpaired) electrons. The van der Waals surface area contributed by atoms with Crippen LogP contribution in [0.2, 0.25) is 0 Å². The van der Waals surface area contributed by atoms with E-state index in [0.717, 1.165) is 29.8 Å². The number of amidine groups is 1. The highest BCUT2D eigenvalue weighted by molar-refractivity contribution is 7.98. The van der Waals surface area contributed by atoms with Gasteiger partial charge in [0.05, 0.1) is 0 Å². The molecule has 0 aliphatic carbocycles. The number of rotatable bonds is 7. The molecule has 1 unspecified atom stereocenters. The molecule has 0 aliphatic heterocycles. The highest BCUT2D eigenvalue weighted by Gasteiger charge is 2.07. The van der Waals surface area contributed by atoms with E-state index in [2.05, 4.69) is 23.7 Å². The van der Waals surface area contributed by atoms with Crippen LogP contribution in [0.25, 0.3) is 0 Å². The third kappa shape index (κ3) is 4.76. The summed E-state index contributed by atoms with van der Waals surface area (Å²) in [6, 6.07) is 6.40. The van der Waals surface area contributed by atoms with Gasteiger partial charge in [0.15, 0.2) is 5.84 Å². The standard InChI is InChI=1S/C14H23N3OS/c1-4-13(9-19-3)16-8-12-6-5-11(7-10(12)2)14(15)17-18/h5-7,13,16,18H,4,8-9H2,1-3H3,(H2,15,17). The summed E-state index contributed by atoms with van der Waals surface area (Å²) in [6.07, 6.45) is 3.25. The van der Waals surface area contributed by atoms with Crippen molar-refractivity contribution < 1.29 is 5.21 Å². The molecule has 0 aromatic heterocycles. The Balaban J connectivity index is 2.70. The predicted molar refractivity (Wildman–Crippen MR) is 83.0 cm³/mol. The highest BCUT2D eigenvalue weighted by Crippen LogP contribution is 2.12. The summed E-state index contributed by atoms with van der Waals surface area (Å²) in [5.41, 5.74) is 8.72. The second kappa shape index (κ2) is 8.07. The van der Waals surface area contributed by atoms with E-state index in [0.29, 0.717) is 6.04 Å². The lowest BCUT2D eigenvalue weighted by Gasteiger charge is -2.17.